The summed E-state index contributed by atoms with van der Waals surface area (Å²) >= 11 is 0. The van der Waals surface area contributed by atoms with Crippen molar-refractivity contribution >= 4 is 11.9 Å². The molecule has 0 aromatic heterocycles. The van der Waals surface area contributed by atoms with Gasteiger partial charge in [0.15, 0.2) is 5.78 Å². The van der Waals surface area contributed by atoms with Gasteiger partial charge in [-0.3, -0.25) is 9.69 Å². The number of aryl methyl sites for hydroxylation is 1. The van der Waals surface area contributed by atoms with E-state index in [-0.39, 0.29) is 0 Å². The van der Waals surface area contributed by atoms with Crippen molar-refractivity contribution in [2.45, 2.75) is 32.6 Å². The second-order valence-corrected chi connectivity index (χ2v) is 6.64. The Bertz CT molecular complexity index is 603. The maximum atomic E-state index is 12.1. The number of rotatable bonds is 5. The lowest BCUT2D eigenvalue weighted by Crippen LogP contribution is -2.38. The van der Waals surface area contributed by atoms with Gasteiger partial charge in [-0.05, 0) is 50.0 Å². The van der Waals surface area contributed by atoms with Crippen LogP contribution in [0.5, 0.6) is 5.75 Å². The Hall–Kier alpha value is -1.65. The number of carbonyl (C=O) groups is 1. The molecular formula is C20H27NO3. The molecule has 24 heavy (non-hydrogen) atoms. The molecule has 3 rings (SSSR count). The number of hydrogen-bond donors (Lipinski definition) is 0. The molecule has 1 heterocycles. The van der Waals surface area contributed by atoms with Gasteiger partial charge in [0.2, 0.25) is 0 Å². The van der Waals surface area contributed by atoms with E-state index in [1.165, 1.54) is 5.56 Å². The van der Waals surface area contributed by atoms with E-state index in [0.29, 0.717) is 18.8 Å². The number of nitrogens with zero attached hydrogens (tertiary/aromatic N) is 1. The molecule has 1 aromatic rings. The summed E-state index contributed by atoms with van der Waals surface area (Å²) < 4.78 is 11.4. The topological polar surface area (TPSA) is 38.8 Å². The minimum Gasteiger partial charge on any atom is -0.492 e. The van der Waals surface area contributed by atoms with E-state index in [2.05, 4.69) is 24.0 Å². The maximum Gasteiger partial charge on any atom is 0.158 e. The molecule has 130 valence electrons. The van der Waals surface area contributed by atoms with E-state index in [1.54, 1.807) is 0 Å². The number of carbonyl (C=O) groups excluding carboxylic acids is 1. The standard InChI is InChI=1S/C20H27NO3/c1-16-6-7-20(24-13-10-21-8-11-23-12-9-21)18(14-16)15-17-4-2-3-5-19(17)22/h6-7,14-15H,2-5,8-13H2,1H3/b17-15+. The van der Waals surface area contributed by atoms with Crippen LogP contribution in [-0.2, 0) is 9.53 Å². The Labute approximate surface area is 144 Å². The third kappa shape index (κ3) is 4.68. The molecule has 0 N–H and O–H groups in total. The molecule has 1 saturated heterocycles. The van der Waals surface area contributed by atoms with Gasteiger partial charge in [0.25, 0.3) is 0 Å². The highest BCUT2D eigenvalue weighted by Crippen LogP contribution is 2.27. The molecule has 2 fully saturated rings. The Kier molecular flexibility index (Phi) is 6.05. The van der Waals surface area contributed by atoms with Crippen LogP contribution in [0.1, 0.15) is 36.8 Å². The highest BCUT2D eigenvalue weighted by Gasteiger charge is 2.16. The summed E-state index contributed by atoms with van der Waals surface area (Å²) in [5.74, 6) is 1.17. The molecular weight excluding hydrogens is 302 g/mol. The van der Waals surface area contributed by atoms with Crippen LogP contribution in [-0.4, -0.2) is 50.1 Å². The first kappa shape index (κ1) is 17.2. The zero-order valence-corrected chi connectivity index (χ0v) is 14.6. The molecule has 0 bridgehead atoms. The van der Waals surface area contributed by atoms with E-state index >= 15 is 0 Å². The highest BCUT2D eigenvalue weighted by molar-refractivity contribution is 6.00. The second-order valence-electron chi connectivity index (χ2n) is 6.64. The molecule has 0 amide bonds. The van der Waals surface area contributed by atoms with Crippen LogP contribution < -0.4 is 4.74 Å². The Morgan fingerprint density at radius 2 is 2.00 bits per heavy atom. The normalized spacial score (nSPS) is 21.2. The maximum absolute atomic E-state index is 12.1. The number of hydrogen-bond acceptors (Lipinski definition) is 4. The molecule has 0 spiro atoms. The molecule has 2 aliphatic rings. The summed E-state index contributed by atoms with van der Waals surface area (Å²) in [6, 6.07) is 6.20. The lowest BCUT2D eigenvalue weighted by Gasteiger charge is -2.26. The number of ketones is 1. The van der Waals surface area contributed by atoms with Gasteiger partial charge in [-0.1, -0.05) is 11.6 Å². The first-order chi connectivity index (χ1) is 11.7. The first-order valence-corrected chi connectivity index (χ1v) is 9.00. The Balaban J connectivity index is 1.66. The predicted octanol–water partition coefficient (Wildman–Crippen LogP) is 3.23. The zero-order chi connectivity index (χ0) is 16.8. The van der Waals surface area contributed by atoms with E-state index in [9.17, 15) is 4.79 Å². The summed E-state index contributed by atoms with van der Waals surface area (Å²) in [4.78, 5) is 14.4. The zero-order valence-electron chi connectivity index (χ0n) is 14.6. The van der Waals surface area contributed by atoms with Gasteiger partial charge in [0, 0.05) is 31.6 Å². The second kappa shape index (κ2) is 8.45. The quantitative estimate of drug-likeness (QED) is 0.778. The Morgan fingerprint density at radius 1 is 1.21 bits per heavy atom. The van der Waals surface area contributed by atoms with Gasteiger partial charge in [0.1, 0.15) is 12.4 Å². The minimum atomic E-state index is 0.294. The molecule has 1 aliphatic heterocycles. The van der Waals surface area contributed by atoms with Crippen LogP contribution in [0.15, 0.2) is 23.8 Å². The van der Waals surface area contributed by atoms with Crippen molar-refractivity contribution in [3.05, 3.63) is 34.9 Å². The van der Waals surface area contributed by atoms with Crippen molar-refractivity contribution in [3.63, 3.8) is 0 Å². The fraction of sp³-hybridized carbons (Fsp3) is 0.550. The van der Waals surface area contributed by atoms with Gasteiger partial charge >= 0.3 is 0 Å². The van der Waals surface area contributed by atoms with Crippen LogP contribution in [0.25, 0.3) is 6.08 Å². The monoisotopic (exact) mass is 329 g/mol. The number of benzene rings is 1. The van der Waals surface area contributed by atoms with Crippen molar-refractivity contribution in [2.24, 2.45) is 0 Å². The Morgan fingerprint density at radius 3 is 2.79 bits per heavy atom. The molecule has 4 nitrogen and oxygen atoms in total. The van der Waals surface area contributed by atoms with Gasteiger partial charge < -0.3 is 9.47 Å². The average Bonchev–Trinajstić information content (AvgIpc) is 2.60. The van der Waals surface area contributed by atoms with Crippen LogP contribution in [0.3, 0.4) is 0 Å². The molecule has 1 aliphatic carbocycles. The molecule has 1 saturated carbocycles. The first-order valence-electron chi connectivity index (χ1n) is 9.00. The third-order valence-corrected chi connectivity index (χ3v) is 4.72. The summed E-state index contributed by atoms with van der Waals surface area (Å²) in [6.45, 7) is 7.21. The van der Waals surface area contributed by atoms with E-state index in [4.69, 9.17) is 9.47 Å². The lowest BCUT2D eigenvalue weighted by atomic mass is 9.92. The van der Waals surface area contributed by atoms with E-state index in [1.807, 2.05) is 12.1 Å². The van der Waals surface area contributed by atoms with Gasteiger partial charge in [-0.25, -0.2) is 0 Å². The van der Waals surface area contributed by atoms with E-state index in [0.717, 1.165) is 69.0 Å². The van der Waals surface area contributed by atoms with Crippen molar-refractivity contribution in [3.8, 4) is 5.75 Å². The van der Waals surface area contributed by atoms with E-state index < -0.39 is 0 Å². The smallest absolute Gasteiger partial charge is 0.158 e. The molecule has 0 unspecified atom stereocenters. The van der Waals surface area contributed by atoms with Crippen molar-refractivity contribution < 1.29 is 14.3 Å². The third-order valence-electron chi connectivity index (χ3n) is 4.72. The van der Waals surface area contributed by atoms with Crippen LogP contribution in [0, 0.1) is 6.92 Å². The SMILES string of the molecule is Cc1ccc(OCCN2CCOCC2)c(/C=C2\CCCCC2=O)c1. The average molecular weight is 329 g/mol. The van der Waals surface area contributed by atoms with Crippen molar-refractivity contribution in [1.29, 1.82) is 0 Å². The molecule has 0 atom stereocenters. The number of ether oxygens (including phenoxy) is 2. The largest absolute Gasteiger partial charge is 0.492 e. The summed E-state index contributed by atoms with van der Waals surface area (Å²) in [6.07, 6.45) is 5.74. The summed E-state index contributed by atoms with van der Waals surface area (Å²) in [5.41, 5.74) is 3.16. The van der Waals surface area contributed by atoms with Crippen molar-refractivity contribution in [1.82, 2.24) is 4.90 Å². The fourth-order valence-corrected chi connectivity index (χ4v) is 3.26. The number of Topliss-reactive ketones (excluding diaryl/α,β-unsaturated/α-hetero) is 1. The van der Waals surface area contributed by atoms with Gasteiger partial charge in [0.05, 0.1) is 13.2 Å². The van der Waals surface area contributed by atoms with Crippen LogP contribution in [0.2, 0.25) is 0 Å². The van der Waals surface area contributed by atoms with Crippen LogP contribution >= 0.6 is 0 Å². The van der Waals surface area contributed by atoms with Crippen LogP contribution in [0.4, 0.5) is 0 Å². The minimum absolute atomic E-state index is 0.294. The van der Waals surface area contributed by atoms with Crippen molar-refractivity contribution in [2.75, 3.05) is 39.5 Å². The molecule has 1 aromatic carbocycles. The number of allylic oxidation sites excluding steroid dienone is 1. The predicted molar refractivity (Wildman–Crippen MR) is 95.4 cm³/mol. The summed E-state index contributed by atoms with van der Waals surface area (Å²) in [7, 11) is 0. The van der Waals surface area contributed by atoms with Gasteiger partial charge in [-0.15, -0.1) is 0 Å². The summed E-state index contributed by atoms with van der Waals surface area (Å²) in [5, 5.41) is 0. The fourth-order valence-electron chi connectivity index (χ4n) is 3.26. The van der Waals surface area contributed by atoms with Gasteiger partial charge in [-0.2, -0.15) is 0 Å². The molecule has 4 heteroatoms. The molecule has 0 radical (unpaired) electrons. The lowest BCUT2D eigenvalue weighted by molar-refractivity contribution is -0.116. The number of morpholine rings is 1. The highest BCUT2D eigenvalue weighted by atomic mass is 16.5.